The van der Waals surface area contributed by atoms with Crippen LogP contribution in [-0.4, -0.2) is 35.5 Å². The maximum absolute atomic E-state index is 13.4. The number of hydrogen-bond acceptors (Lipinski definition) is 6. The van der Waals surface area contributed by atoms with Crippen molar-refractivity contribution in [2.24, 2.45) is 5.10 Å². The minimum atomic E-state index is -0.283. The fourth-order valence-electron chi connectivity index (χ4n) is 3.83. The molecule has 4 rings (SSSR count). The molecule has 8 nitrogen and oxygen atoms in total. The van der Waals surface area contributed by atoms with E-state index in [0.717, 1.165) is 20.0 Å². The van der Waals surface area contributed by atoms with Crippen molar-refractivity contribution in [3.63, 3.8) is 0 Å². The molecular weight excluding hydrogens is 675 g/mol. The summed E-state index contributed by atoms with van der Waals surface area (Å²) in [4.78, 5) is 30.6. The molecule has 202 valence electrons. The summed E-state index contributed by atoms with van der Waals surface area (Å²) >= 11 is 5.56. The highest BCUT2D eigenvalue weighted by Gasteiger charge is 2.17. The zero-order chi connectivity index (χ0) is 28.1. The minimum absolute atomic E-state index is 0.0272. The Morgan fingerprint density at radius 3 is 2.64 bits per heavy atom. The minimum Gasteiger partial charge on any atom is -0.493 e. The Morgan fingerprint density at radius 2 is 1.95 bits per heavy atom. The van der Waals surface area contributed by atoms with Gasteiger partial charge in [0.05, 0.1) is 27.8 Å². The van der Waals surface area contributed by atoms with E-state index in [2.05, 4.69) is 48.9 Å². The monoisotopic (exact) mass is 702 g/mol. The molecule has 0 bridgehead atoms. The van der Waals surface area contributed by atoms with Gasteiger partial charge in [-0.15, -0.1) is 0 Å². The van der Waals surface area contributed by atoms with E-state index in [1.54, 1.807) is 18.3 Å². The molecule has 1 amide bonds. The molecule has 10 heteroatoms. The van der Waals surface area contributed by atoms with Gasteiger partial charge in [0.1, 0.15) is 5.82 Å². The molecule has 0 unspecified atom stereocenters. The molecule has 0 fully saturated rings. The van der Waals surface area contributed by atoms with E-state index in [4.69, 9.17) is 14.5 Å². The molecule has 0 aliphatic heterocycles. The maximum Gasteiger partial charge on any atom is 0.282 e. The van der Waals surface area contributed by atoms with E-state index in [1.165, 1.54) is 11.8 Å². The number of carbonyl (C=O) groups excluding carboxylic acids is 1. The first-order chi connectivity index (χ1) is 18.7. The average molecular weight is 703 g/mol. The fraction of sp³-hybridized carbons (Fsp3) is 0.241. The van der Waals surface area contributed by atoms with Crippen LogP contribution in [-0.2, 0) is 4.79 Å². The number of carbonyl (C=O) groups is 1. The number of halogens is 2. The van der Waals surface area contributed by atoms with Gasteiger partial charge in [-0.2, -0.15) is 9.78 Å². The van der Waals surface area contributed by atoms with Crippen LogP contribution in [0.1, 0.15) is 43.1 Å². The second-order valence-electron chi connectivity index (χ2n) is 9.04. The Kier molecular flexibility index (Phi) is 9.39. The van der Waals surface area contributed by atoms with Crippen molar-refractivity contribution in [1.29, 1.82) is 0 Å². The van der Waals surface area contributed by atoms with Gasteiger partial charge in [0.15, 0.2) is 18.1 Å². The normalized spacial score (nSPS) is 12.1. The Morgan fingerprint density at radius 1 is 1.21 bits per heavy atom. The Hall–Kier alpha value is -3.25. The lowest BCUT2D eigenvalue weighted by atomic mass is 10.1. The van der Waals surface area contributed by atoms with Crippen LogP contribution in [0.2, 0.25) is 0 Å². The standard InChI is InChI=1S/C29H28BrIN4O4/c1-5-18(3)28-34-24-11-8-20(30)14-22(24)29(37)35(28)32-15-19-12-23(31)27(25(13-19)38-4)39-16-26(36)33-21-9-6-17(2)7-10-21/h6-15,18H,5,16H2,1-4H3,(H,33,36)/t18-/m0/s1. The van der Waals surface area contributed by atoms with Crippen molar-refractivity contribution in [2.45, 2.75) is 33.1 Å². The SMILES string of the molecule is CC[C@H](C)c1nc2ccc(Br)cc2c(=O)n1N=Cc1cc(I)c(OCC(=O)Nc2ccc(C)cc2)c(OC)c1. The lowest BCUT2D eigenvalue weighted by Crippen LogP contribution is -2.23. The molecule has 3 aromatic carbocycles. The number of hydrogen-bond donors (Lipinski definition) is 1. The van der Waals surface area contributed by atoms with E-state index in [9.17, 15) is 9.59 Å². The summed E-state index contributed by atoms with van der Waals surface area (Å²) in [5.74, 6) is 1.23. The summed E-state index contributed by atoms with van der Waals surface area (Å²) in [5.41, 5.74) is 2.90. The van der Waals surface area contributed by atoms with Crippen molar-refractivity contribution in [3.05, 3.63) is 89.9 Å². The second kappa shape index (κ2) is 12.7. The van der Waals surface area contributed by atoms with Gasteiger partial charge in [0.2, 0.25) is 0 Å². The lowest BCUT2D eigenvalue weighted by Gasteiger charge is -2.15. The van der Waals surface area contributed by atoms with Crippen LogP contribution in [0.4, 0.5) is 5.69 Å². The zero-order valence-electron chi connectivity index (χ0n) is 22.0. The summed E-state index contributed by atoms with van der Waals surface area (Å²) in [5, 5.41) is 7.83. The first-order valence-corrected chi connectivity index (χ1v) is 14.2. The Bertz CT molecular complexity index is 1600. The molecule has 4 aromatic rings. The highest BCUT2D eigenvalue weighted by atomic mass is 127. The summed E-state index contributed by atoms with van der Waals surface area (Å²) in [6, 6.07) is 16.6. The smallest absolute Gasteiger partial charge is 0.282 e. The molecule has 1 heterocycles. The molecule has 0 saturated heterocycles. The van der Waals surface area contributed by atoms with Gasteiger partial charge in [-0.05, 0) is 84.0 Å². The van der Waals surface area contributed by atoms with Gasteiger partial charge in [0, 0.05) is 16.1 Å². The third kappa shape index (κ3) is 6.85. The van der Waals surface area contributed by atoms with E-state index < -0.39 is 0 Å². The van der Waals surface area contributed by atoms with E-state index in [-0.39, 0.29) is 24.0 Å². The fourth-order valence-corrected chi connectivity index (χ4v) is 4.97. The zero-order valence-corrected chi connectivity index (χ0v) is 25.7. The molecular formula is C29H28BrIN4O4. The van der Waals surface area contributed by atoms with E-state index in [1.807, 2.05) is 63.2 Å². The third-order valence-electron chi connectivity index (χ3n) is 6.14. The number of rotatable bonds is 9. The summed E-state index contributed by atoms with van der Waals surface area (Å²) in [6.45, 7) is 5.87. The maximum atomic E-state index is 13.4. The van der Waals surface area contributed by atoms with Crippen molar-refractivity contribution in [3.8, 4) is 11.5 Å². The number of aromatic nitrogens is 2. The molecule has 39 heavy (non-hydrogen) atoms. The van der Waals surface area contributed by atoms with Gasteiger partial charge in [-0.1, -0.05) is 47.5 Å². The van der Waals surface area contributed by atoms with Crippen LogP contribution in [0.3, 0.4) is 0 Å². The van der Waals surface area contributed by atoms with Crippen molar-refractivity contribution >= 4 is 67.2 Å². The molecule has 0 radical (unpaired) electrons. The number of amides is 1. The molecule has 0 spiro atoms. The predicted octanol–water partition coefficient (Wildman–Crippen LogP) is 6.49. The quantitative estimate of drug-likeness (QED) is 0.159. The molecule has 1 N–H and O–H groups in total. The van der Waals surface area contributed by atoms with Crippen LogP contribution in [0.25, 0.3) is 10.9 Å². The number of fused-ring (bicyclic) bond motifs is 1. The first-order valence-electron chi connectivity index (χ1n) is 12.3. The van der Waals surface area contributed by atoms with Gasteiger partial charge in [0.25, 0.3) is 11.5 Å². The topological polar surface area (TPSA) is 94.8 Å². The van der Waals surface area contributed by atoms with Crippen molar-refractivity contribution in [2.75, 3.05) is 19.0 Å². The van der Waals surface area contributed by atoms with Gasteiger partial charge < -0.3 is 14.8 Å². The summed E-state index contributed by atoms with van der Waals surface area (Å²) in [7, 11) is 1.53. The van der Waals surface area contributed by atoms with Crippen LogP contribution in [0, 0.1) is 10.5 Å². The molecule has 0 saturated carbocycles. The number of methoxy groups -OCH3 is 1. The average Bonchev–Trinajstić information content (AvgIpc) is 2.92. The Labute approximate surface area is 248 Å². The first kappa shape index (κ1) is 28.8. The molecule has 1 aromatic heterocycles. The third-order valence-corrected chi connectivity index (χ3v) is 7.44. The number of benzene rings is 3. The second-order valence-corrected chi connectivity index (χ2v) is 11.1. The molecule has 1 atom stereocenters. The number of nitrogens with zero attached hydrogens (tertiary/aromatic N) is 3. The predicted molar refractivity (Wildman–Crippen MR) is 166 cm³/mol. The number of anilines is 1. The number of nitrogens with one attached hydrogen (secondary N) is 1. The molecule has 0 aliphatic carbocycles. The largest absolute Gasteiger partial charge is 0.493 e. The van der Waals surface area contributed by atoms with Crippen molar-refractivity contribution in [1.82, 2.24) is 9.66 Å². The summed E-state index contributed by atoms with van der Waals surface area (Å²) in [6.07, 6.45) is 2.40. The van der Waals surface area contributed by atoms with Crippen LogP contribution in [0.5, 0.6) is 11.5 Å². The van der Waals surface area contributed by atoms with Crippen molar-refractivity contribution < 1.29 is 14.3 Å². The highest BCUT2D eigenvalue weighted by molar-refractivity contribution is 14.1. The van der Waals surface area contributed by atoms with E-state index >= 15 is 0 Å². The highest BCUT2D eigenvalue weighted by Crippen LogP contribution is 2.33. The van der Waals surface area contributed by atoms with Crippen LogP contribution in [0.15, 0.2) is 69.0 Å². The molecule has 0 aliphatic rings. The van der Waals surface area contributed by atoms with Gasteiger partial charge >= 0.3 is 0 Å². The summed E-state index contributed by atoms with van der Waals surface area (Å²) < 4.78 is 14.3. The van der Waals surface area contributed by atoms with Crippen LogP contribution >= 0.6 is 38.5 Å². The number of aryl methyl sites for hydroxylation is 1. The lowest BCUT2D eigenvalue weighted by molar-refractivity contribution is -0.118. The number of ether oxygens (including phenoxy) is 2. The van der Waals surface area contributed by atoms with Gasteiger partial charge in [-0.3, -0.25) is 9.59 Å². The van der Waals surface area contributed by atoms with Crippen LogP contribution < -0.4 is 20.3 Å². The van der Waals surface area contributed by atoms with E-state index in [0.29, 0.717) is 39.5 Å². The van der Waals surface area contributed by atoms with Gasteiger partial charge in [-0.25, -0.2) is 4.98 Å². The Balaban J connectivity index is 1.60.